The second-order valence-electron chi connectivity index (χ2n) is 2.90. The SMILES string of the molecule is O=c1[nH]cncc1-c1cccc(Br)c1F. The number of nitrogens with zero attached hydrogens (tertiary/aromatic N) is 1. The van der Waals surface area contributed by atoms with Gasteiger partial charge in [0.15, 0.2) is 0 Å². The quantitative estimate of drug-likeness (QED) is 0.863. The third kappa shape index (κ3) is 1.83. The molecule has 1 aromatic carbocycles. The van der Waals surface area contributed by atoms with Gasteiger partial charge in [0.1, 0.15) is 5.82 Å². The topological polar surface area (TPSA) is 45.8 Å². The van der Waals surface area contributed by atoms with E-state index < -0.39 is 5.82 Å². The van der Waals surface area contributed by atoms with E-state index in [-0.39, 0.29) is 16.7 Å². The fourth-order valence-corrected chi connectivity index (χ4v) is 1.61. The summed E-state index contributed by atoms with van der Waals surface area (Å²) in [7, 11) is 0. The van der Waals surface area contributed by atoms with Gasteiger partial charge in [-0.25, -0.2) is 9.37 Å². The lowest BCUT2D eigenvalue weighted by atomic mass is 10.1. The summed E-state index contributed by atoms with van der Waals surface area (Å²) in [6.07, 6.45) is 2.60. The van der Waals surface area contributed by atoms with Gasteiger partial charge in [0.2, 0.25) is 0 Å². The van der Waals surface area contributed by atoms with Crippen LogP contribution in [0.15, 0.2) is 40.0 Å². The van der Waals surface area contributed by atoms with Crippen LogP contribution in [0.25, 0.3) is 11.1 Å². The molecular formula is C10H6BrFN2O. The zero-order valence-corrected chi connectivity index (χ0v) is 9.08. The third-order valence-corrected chi connectivity index (χ3v) is 2.57. The van der Waals surface area contributed by atoms with Gasteiger partial charge in [-0.15, -0.1) is 0 Å². The van der Waals surface area contributed by atoms with E-state index >= 15 is 0 Å². The largest absolute Gasteiger partial charge is 0.313 e. The molecule has 3 nitrogen and oxygen atoms in total. The van der Waals surface area contributed by atoms with Gasteiger partial charge in [-0.3, -0.25) is 4.79 Å². The Labute approximate surface area is 93.1 Å². The average Bonchev–Trinajstić information content (AvgIpc) is 2.23. The standard InChI is InChI=1S/C10H6BrFN2O/c11-8-3-1-2-6(9(8)12)7-4-13-5-14-10(7)15/h1-5H,(H,13,14,15). The smallest absolute Gasteiger partial charge is 0.258 e. The monoisotopic (exact) mass is 268 g/mol. The van der Waals surface area contributed by atoms with Crippen molar-refractivity contribution in [3.8, 4) is 11.1 Å². The van der Waals surface area contributed by atoms with Crippen molar-refractivity contribution < 1.29 is 4.39 Å². The normalized spacial score (nSPS) is 10.3. The van der Waals surface area contributed by atoms with Gasteiger partial charge in [0.25, 0.3) is 5.56 Å². The fourth-order valence-electron chi connectivity index (χ4n) is 1.25. The summed E-state index contributed by atoms with van der Waals surface area (Å²) in [5.74, 6) is -0.462. The minimum atomic E-state index is -0.462. The molecule has 0 fully saturated rings. The molecule has 0 saturated heterocycles. The predicted molar refractivity (Wildman–Crippen MR) is 58.0 cm³/mol. The number of H-pyrrole nitrogens is 1. The van der Waals surface area contributed by atoms with E-state index in [9.17, 15) is 9.18 Å². The number of benzene rings is 1. The molecule has 1 N–H and O–H groups in total. The minimum Gasteiger partial charge on any atom is -0.313 e. The molecule has 2 rings (SSSR count). The van der Waals surface area contributed by atoms with Crippen LogP contribution >= 0.6 is 15.9 Å². The van der Waals surface area contributed by atoms with E-state index in [1.54, 1.807) is 12.1 Å². The lowest BCUT2D eigenvalue weighted by Gasteiger charge is -2.02. The number of hydrogen-bond donors (Lipinski definition) is 1. The van der Waals surface area contributed by atoms with Crippen molar-refractivity contribution in [3.05, 3.63) is 51.4 Å². The first-order valence-corrected chi connectivity index (χ1v) is 4.96. The van der Waals surface area contributed by atoms with Crippen LogP contribution in [0.2, 0.25) is 0 Å². The fraction of sp³-hybridized carbons (Fsp3) is 0. The first-order valence-electron chi connectivity index (χ1n) is 4.17. The molecule has 0 unspecified atom stereocenters. The Balaban J connectivity index is 2.70. The van der Waals surface area contributed by atoms with Crippen molar-refractivity contribution in [3.63, 3.8) is 0 Å². The van der Waals surface area contributed by atoms with Crippen LogP contribution in [0.5, 0.6) is 0 Å². The van der Waals surface area contributed by atoms with Crippen molar-refractivity contribution >= 4 is 15.9 Å². The average molecular weight is 269 g/mol. The van der Waals surface area contributed by atoms with Gasteiger partial charge < -0.3 is 4.98 Å². The van der Waals surface area contributed by atoms with Crippen molar-refractivity contribution in [2.45, 2.75) is 0 Å². The van der Waals surface area contributed by atoms with Crippen LogP contribution in [0.1, 0.15) is 0 Å². The summed E-state index contributed by atoms with van der Waals surface area (Å²) >= 11 is 3.06. The summed E-state index contributed by atoms with van der Waals surface area (Å²) in [6, 6.07) is 4.77. The summed E-state index contributed by atoms with van der Waals surface area (Å²) in [6.45, 7) is 0. The molecule has 1 aromatic heterocycles. The molecule has 0 spiro atoms. The molecule has 1 heterocycles. The first kappa shape index (κ1) is 10.0. The zero-order chi connectivity index (χ0) is 10.8. The molecule has 76 valence electrons. The molecule has 15 heavy (non-hydrogen) atoms. The Morgan fingerprint density at radius 3 is 2.87 bits per heavy atom. The number of rotatable bonds is 1. The van der Waals surface area contributed by atoms with Crippen molar-refractivity contribution in [2.24, 2.45) is 0 Å². The van der Waals surface area contributed by atoms with E-state index in [4.69, 9.17) is 0 Å². The third-order valence-electron chi connectivity index (χ3n) is 1.96. The highest BCUT2D eigenvalue weighted by Crippen LogP contribution is 2.24. The molecule has 0 aliphatic carbocycles. The van der Waals surface area contributed by atoms with Gasteiger partial charge in [-0.05, 0) is 22.0 Å². The number of aromatic nitrogens is 2. The molecule has 0 atom stereocenters. The maximum atomic E-state index is 13.6. The minimum absolute atomic E-state index is 0.219. The number of nitrogens with one attached hydrogen (secondary N) is 1. The van der Waals surface area contributed by atoms with Crippen LogP contribution in [-0.2, 0) is 0 Å². The highest BCUT2D eigenvalue weighted by atomic mass is 79.9. The van der Waals surface area contributed by atoms with Gasteiger partial charge >= 0.3 is 0 Å². The number of halogens is 2. The number of aromatic amines is 1. The molecule has 0 saturated carbocycles. The molecular weight excluding hydrogens is 263 g/mol. The molecule has 0 aliphatic rings. The maximum absolute atomic E-state index is 13.6. The second kappa shape index (κ2) is 3.94. The Bertz CT molecular complexity index is 553. The molecule has 5 heteroatoms. The van der Waals surface area contributed by atoms with Crippen LogP contribution in [0, 0.1) is 5.82 Å². The number of hydrogen-bond acceptors (Lipinski definition) is 2. The van der Waals surface area contributed by atoms with Crippen LogP contribution in [-0.4, -0.2) is 9.97 Å². The first-order chi connectivity index (χ1) is 7.20. The molecule has 0 bridgehead atoms. The Morgan fingerprint density at radius 1 is 1.33 bits per heavy atom. The molecule has 0 amide bonds. The van der Waals surface area contributed by atoms with Gasteiger partial charge in [-0.1, -0.05) is 12.1 Å². The van der Waals surface area contributed by atoms with Gasteiger partial charge in [0, 0.05) is 11.8 Å². The van der Waals surface area contributed by atoms with Crippen molar-refractivity contribution in [1.82, 2.24) is 9.97 Å². The van der Waals surface area contributed by atoms with E-state index in [1.807, 2.05) is 0 Å². The lowest BCUT2D eigenvalue weighted by Crippen LogP contribution is -2.09. The van der Waals surface area contributed by atoms with E-state index in [1.165, 1.54) is 18.6 Å². The van der Waals surface area contributed by atoms with E-state index in [0.717, 1.165) is 0 Å². The Morgan fingerprint density at radius 2 is 2.13 bits per heavy atom. The second-order valence-corrected chi connectivity index (χ2v) is 3.75. The summed E-state index contributed by atoms with van der Waals surface area (Å²) in [5, 5.41) is 0. The summed E-state index contributed by atoms with van der Waals surface area (Å²) in [4.78, 5) is 17.6. The predicted octanol–water partition coefficient (Wildman–Crippen LogP) is 2.34. The van der Waals surface area contributed by atoms with E-state index in [2.05, 4.69) is 25.9 Å². The maximum Gasteiger partial charge on any atom is 0.258 e. The lowest BCUT2D eigenvalue weighted by molar-refractivity contribution is 0.624. The summed E-state index contributed by atoms with van der Waals surface area (Å²) < 4.78 is 14.0. The Kier molecular flexibility index (Phi) is 2.64. The molecule has 0 radical (unpaired) electrons. The van der Waals surface area contributed by atoms with Gasteiger partial charge in [-0.2, -0.15) is 0 Å². The van der Waals surface area contributed by atoms with E-state index in [0.29, 0.717) is 4.47 Å². The van der Waals surface area contributed by atoms with Crippen LogP contribution in [0.4, 0.5) is 4.39 Å². The van der Waals surface area contributed by atoms with Crippen LogP contribution in [0.3, 0.4) is 0 Å². The van der Waals surface area contributed by atoms with Gasteiger partial charge in [0.05, 0.1) is 16.4 Å². The summed E-state index contributed by atoms with van der Waals surface area (Å²) in [5.41, 5.74) is 0.0945. The van der Waals surface area contributed by atoms with Crippen molar-refractivity contribution in [1.29, 1.82) is 0 Å². The molecule has 2 aromatic rings. The highest BCUT2D eigenvalue weighted by molar-refractivity contribution is 9.10. The van der Waals surface area contributed by atoms with Crippen molar-refractivity contribution in [2.75, 3.05) is 0 Å². The Hall–Kier alpha value is -1.49. The zero-order valence-electron chi connectivity index (χ0n) is 7.50. The highest BCUT2D eigenvalue weighted by Gasteiger charge is 2.10. The molecule has 0 aliphatic heterocycles. The van der Waals surface area contributed by atoms with Crippen LogP contribution < -0.4 is 5.56 Å².